The molecule has 26 heavy (non-hydrogen) atoms. The molecule has 148 valence electrons. The summed E-state index contributed by atoms with van der Waals surface area (Å²) in [5.41, 5.74) is -1.41. The summed E-state index contributed by atoms with van der Waals surface area (Å²) in [6.45, 7) is -0.904. The lowest BCUT2D eigenvalue weighted by molar-refractivity contribution is -0.355. The molecule has 1 saturated heterocycles. The molecule has 4 aliphatic carbocycles. The van der Waals surface area contributed by atoms with Gasteiger partial charge in [0.05, 0.1) is 0 Å². The van der Waals surface area contributed by atoms with Crippen molar-refractivity contribution < 1.29 is 49.5 Å². The summed E-state index contributed by atoms with van der Waals surface area (Å²) in [6, 6.07) is 0. The van der Waals surface area contributed by atoms with Crippen LogP contribution in [0.5, 0.6) is 0 Å². The predicted molar refractivity (Wildman–Crippen MR) is 73.6 cm³/mol. The third-order valence-corrected chi connectivity index (χ3v) is 6.73. The predicted octanol–water partition coefficient (Wildman–Crippen LogP) is 1.92. The molecule has 0 aromatic heterocycles. The summed E-state index contributed by atoms with van der Waals surface area (Å²) in [5, 5.41) is -5.10. The molecule has 0 aromatic rings. The van der Waals surface area contributed by atoms with Crippen LogP contribution in [-0.2, 0) is 29.1 Å². The number of hydrogen-bond acceptors (Lipinski definition) is 6. The minimum absolute atomic E-state index is 0.0522. The van der Waals surface area contributed by atoms with Crippen LogP contribution in [0.4, 0.5) is 17.6 Å². The summed E-state index contributed by atoms with van der Waals surface area (Å²) in [7, 11) is -5.98. The Hall–Kier alpha value is -0.980. The number of halogens is 4. The molecular weight excluding hydrogens is 388 g/mol. The number of alkyl halides is 4. The highest BCUT2D eigenvalue weighted by Crippen LogP contribution is 2.65. The first kappa shape index (κ1) is 18.4. The van der Waals surface area contributed by atoms with Crippen LogP contribution >= 0.6 is 0 Å². The van der Waals surface area contributed by atoms with Gasteiger partial charge in [-0.1, -0.05) is 0 Å². The number of carbonyl (C=O) groups is 1. The van der Waals surface area contributed by atoms with Crippen LogP contribution in [0.3, 0.4) is 0 Å². The zero-order chi connectivity index (χ0) is 19.2. The maximum Gasteiger partial charge on any atom is 0.465 e. The van der Waals surface area contributed by atoms with E-state index >= 15 is 0 Å². The van der Waals surface area contributed by atoms with Crippen molar-refractivity contribution in [3.63, 3.8) is 0 Å². The van der Waals surface area contributed by atoms with Gasteiger partial charge in [-0.05, 0) is 38.0 Å². The lowest BCUT2D eigenvalue weighted by Crippen LogP contribution is -2.65. The average molecular weight is 404 g/mol. The fourth-order valence-electron chi connectivity index (χ4n) is 5.23. The highest BCUT2D eigenvalue weighted by atomic mass is 32.2. The molecule has 4 saturated carbocycles. The van der Waals surface area contributed by atoms with E-state index < -0.39 is 57.3 Å². The molecule has 1 N–H and O–H groups in total. The topological polar surface area (TPSA) is 99.1 Å². The molecule has 12 heteroatoms. The number of carbonyl (C=O) groups excluding carboxylic acids is 1. The monoisotopic (exact) mass is 404 g/mol. The van der Waals surface area contributed by atoms with Gasteiger partial charge in [0.25, 0.3) is 0 Å². The Morgan fingerprint density at radius 1 is 1.15 bits per heavy atom. The van der Waals surface area contributed by atoms with E-state index in [2.05, 4.69) is 0 Å². The summed E-state index contributed by atoms with van der Waals surface area (Å²) >= 11 is 0. The Morgan fingerprint density at radius 3 is 2.19 bits per heavy atom. The van der Waals surface area contributed by atoms with Gasteiger partial charge >= 0.3 is 27.5 Å². The molecule has 1 spiro atoms. The first-order valence-electron chi connectivity index (χ1n) is 8.09. The van der Waals surface area contributed by atoms with Gasteiger partial charge in [0.1, 0.15) is 12.2 Å². The zero-order valence-electron chi connectivity index (χ0n) is 13.3. The Morgan fingerprint density at radius 2 is 1.73 bits per heavy atom. The normalized spacial score (nSPS) is 43.8. The third kappa shape index (κ3) is 2.49. The van der Waals surface area contributed by atoms with Gasteiger partial charge in [-0.15, -0.1) is 0 Å². The van der Waals surface area contributed by atoms with Gasteiger partial charge in [-0.25, -0.2) is 4.79 Å². The van der Waals surface area contributed by atoms with Crippen LogP contribution in [0.15, 0.2) is 0 Å². The fourth-order valence-corrected chi connectivity index (χ4v) is 5.49. The van der Waals surface area contributed by atoms with Crippen molar-refractivity contribution >= 4 is 16.1 Å². The van der Waals surface area contributed by atoms with E-state index in [0.29, 0.717) is 12.8 Å². The van der Waals surface area contributed by atoms with Gasteiger partial charge in [-0.3, -0.25) is 9.29 Å². The van der Waals surface area contributed by atoms with E-state index in [0.717, 1.165) is 0 Å². The quantitative estimate of drug-likeness (QED) is 0.436. The molecule has 0 radical (unpaired) electrons. The number of rotatable bonds is 3. The summed E-state index contributed by atoms with van der Waals surface area (Å²) in [5.74, 6) is -5.15. The molecule has 4 bridgehead atoms. The van der Waals surface area contributed by atoms with Crippen LogP contribution in [0.2, 0.25) is 0 Å². The van der Waals surface area contributed by atoms with Gasteiger partial charge < -0.3 is 9.47 Å². The number of esters is 1. The lowest BCUT2D eigenvalue weighted by Gasteiger charge is -2.61. The van der Waals surface area contributed by atoms with E-state index in [4.69, 9.17) is 18.8 Å². The molecule has 0 amide bonds. The Labute approximate surface area is 145 Å². The van der Waals surface area contributed by atoms with Gasteiger partial charge in [0.2, 0.25) is 0 Å². The van der Waals surface area contributed by atoms with E-state index in [1.54, 1.807) is 0 Å². The van der Waals surface area contributed by atoms with Crippen molar-refractivity contribution in [1.29, 1.82) is 0 Å². The second-order valence-electron chi connectivity index (χ2n) is 7.66. The van der Waals surface area contributed by atoms with Gasteiger partial charge in [-0.2, -0.15) is 26.0 Å². The Bertz CT molecular complexity index is 736. The molecule has 7 nitrogen and oxygen atoms in total. The van der Waals surface area contributed by atoms with Crippen molar-refractivity contribution in [3.8, 4) is 0 Å². The first-order chi connectivity index (χ1) is 11.8. The second-order valence-corrected chi connectivity index (χ2v) is 9.12. The number of ether oxygens (including phenoxy) is 3. The van der Waals surface area contributed by atoms with Crippen LogP contribution < -0.4 is 0 Å². The van der Waals surface area contributed by atoms with Crippen molar-refractivity contribution in [2.24, 2.45) is 17.8 Å². The van der Waals surface area contributed by atoms with Crippen LogP contribution in [0.1, 0.15) is 32.1 Å². The van der Waals surface area contributed by atoms with Crippen LogP contribution in [0, 0.1) is 17.8 Å². The van der Waals surface area contributed by atoms with Crippen molar-refractivity contribution in [2.75, 3.05) is 6.61 Å². The Balaban J connectivity index is 1.59. The van der Waals surface area contributed by atoms with Crippen molar-refractivity contribution in [1.82, 2.24) is 0 Å². The highest BCUT2D eigenvalue weighted by molar-refractivity contribution is 7.87. The van der Waals surface area contributed by atoms with Gasteiger partial charge in [0.15, 0.2) is 5.79 Å². The third-order valence-electron chi connectivity index (χ3n) is 5.92. The van der Waals surface area contributed by atoms with E-state index in [9.17, 15) is 30.8 Å². The maximum atomic E-state index is 13.6. The summed E-state index contributed by atoms with van der Waals surface area (Å²) in [4.78, 5) is 11.7. The minimum atomic E-state index is -5.98. The SMILES string of the molecule is O=C(OC12CC3CC(C1)C1(OCC(F)(F)O1)C(C3)C2)C(F)(F)S(=O)(=O)O. The maximum absolute atomic E-state index is 13.6. The lowest BCUT2D eigenvalue weighted by atomic mass is 9.51. The van der Waals surface area contributed by atoms with E-state index in [-0.39, 0.29) is 25.2 Å². The molecule has 1 heterocycles. The molecule has 5 rings (SSSR count). The molecule has 0 aromatic carbocycles. The highest BCUT2D eigenvalue weighted by Gasteiger charge is 2.71. The van der Waals surface area contributed by atoms with Crippen LogP contribution in [-0.4, -0.2) is 48.3 Å². The number of hydrogen-bond donors (Lipinski definition) is 1. The van der Waals surface area contributed by atoms with Gasteiger partial charge in [0, 0.05) is 11.8 Å². The summed E-state index contributed by atoms with van der Waals surface area (Å²) < 4.78 is 99.3. The standard InChI is InChI=1S/C14H16F4O7S/c15-12(16)6-23-13(25-12)8-1-7-2-9(13)5-11(3-7,4-8)24-10(19)14(17,18)26(20,21)22/h7-9H,1-6H2,(H,20,21,22). The Kier molecular flexibility index (Phi) is 3.60. The molecule has 5 fully saturated rings. The average Bonchev–Trinajstić information content (AvgIpc) is 2.80. The van der Waals surface area contributed by atoms with E-state index in [1.165, 1.54) is 0 Å². The van der Waals surface area contributed by atoms with Crippen LogP contribution in [0.25, 0.3) is 0 Å². The molecular formula is C14H16F4O7S. The smallest absolute Gasteiger partial charge is 0.454 e. The van der Waals surface area contributed by atoms with E-state index in [1.807, 2.05) is 0 Å². The second kappa shape index (κ2) is 5.09. The first-order valence-corrected chi connectivity index (χ1v) is 9.53. The zero-order valence-corrected chi connectivity index (χ0v) is 14.1. The largest absolute Gasteiger partial charge is 0.465 e. The minimum Gasteiger partial charge on any atom is -0.454 e. The molecule has 2 unspecified atom stereocenters. The molecule has 5 aliphatic rings. The fraction of sp³-hybridized carbons (Fsp3) is 0.929. The summed E-state index contributed by atoms with van der Waals surface area (Å²) in [6.07, 6.45) is -2.41. The molecule has 2 atom stereocenters. The van der Waals surface area contributed by atoms with Crippen molar-refractivity contribution in [2.45, 2.75) is 54.9 Å². The molecule has 1 aliphatic heterocycles. The van der Waals surface area contributed by atoms with Crippen molar-refractivity contribution in [3.05, 3.63) is 0 Å².